The molecular weight excluding hydrogens is 406 g/mol. The fourth-order valence-electron chi connectivity index (χ4n) is 4.75. The Balaban J connectivity index is 1.24. The van der Waals surface area contributed by atoms with Crippen molar-refractivity contribution in [2.24, 2.45) is 5.92 Å². The molecule has 2 fully saturated rings. The molecule has 0 spiro atoms. The predicted molar refractivity (Wildman–Crippen MR) is 127 cm³/mol. The summed E-state index contributed by atoms with van der Waals surface area (Å²) in [5, 5.41) is 3.97. The molecule has 0 saturated carbocycles. The number of hydrogen-bond acceptors (Lipinski definition) is 3. The maximum Gasteiger partial charge on any atom is 0.224 e. The van der Waals surface area contributed by atoms with E-state index in [0.717, 1.165) is 49.6 Å². The average molecular weight is 440 g/mol. The number of hydrogen-bond donors (Lipinski definition) is 1. The Hall–Kier alpha value is -1.88. The molecule has 4 nitrogen and oxygen atoms in total. The van der Waals surface area contributed by atoms with Crippen molar-refractivity contribution in [3.63, 3.8) is 0 Å². The van der Waals surface area contributed by atoms with Gasteiger partial charge in [0.15, 0.2) is 0 Å². The third kappa shape index (κ3) is 6.55. The molecule has 1 N–H and O–H groups in total. The molecule has 0 bridgehead atoms. The number of benzene rings is 2. The summed E-state index contributed by atoms with van der Waals surface area (Å²) < 4.78 is 0. The summed E-state index contributed by atoms with van der Waals surface area (Å²) in [4.78, 5) is 17.7. The molecule has 0 aliphatic carbocycles. The van der Waals surface area contributed by atoms with E-state index in [1.807, 2.05) is 18.2 Å². The Bertz CT molecular complexity index is 848. The smallest absolute Gasteiger partial charge is 0.224 e. The van der Waals surface area contributed by atoms with Gasteiger partial charge in [0.05, 0.1) is 5.92 Å². The third-order valence-corrected chi connectivity index (χ3v) is 6.94. The van der Waals surface area contributed by atoms with Crippen LogP contribution >= 0.6 is 11.6 Å². The number of carbonyl (C=O) groups excluding carboxylic acids is 1. The zero-order valence-electron chi connectivity index (χ0n) is 18.4. The molecule has 2 aromatic carbocycles. The van der Waals surface area contributed by atoms with E-state index in [1.54, 1.807) is 0 Å². The molecule has 2 aliphatic rings. The summed E-state index contributed by atoms with van der Waals surface area (Å²) in [6.45, 7) is 6.69. The van der Waals surface area contributed by atoms with Crippen molar-refractivity contribution in [3.05, 3.63) is 70.2 Å². The first-order chi connectivity index (χ1) is 15.2. The molecule has 0 unspecified atom stereocenters. The molecular formula is C26H34ClN3O. The molecule has 2 aromatic rings. The molecule has 2 saturated heterocycles. The standard InChI is InChI=1S/C26H34ClN3O/c27-25-9-3-2-7-23(25)19-30-16-6-8-24(20-30)26(31)28-17-21-10-12-22(13-11-21)18-29-14-4-1-5-15-29/h2-3,7,9-13,24H,1,4-6,8,14-20H2,(H,28,31)/t24-/m1/s1. The van der Waals surface area contributed by atoms with Crippen LogP contribution in [0.15, 0.2) is 48.5 Å². The molecule has 2 aliphatic heterocycles. The first-order valence-corrected chi connectivity index (χ1v) is 12.1. The van der Waals surface area contributed by atoms with Gasteiger partial charge in [-0.1, -0.05) is 60.5 Å². The number of carbonyl (C=O) groups is 1. The molecule has 0 radical (unpaired) electrons. The van der Waals surface area contributed by atoms with Gasteiger partial charge in [-0.3, -0.25) is 14.6 Å². The van der Waals surface area contributed by atoms with Gasteiger partial charge in [-0.05, 0) is 68.1 Å². The van der Waals surface area contributed by atoms with Crippen LogP contribution in [-0.4, -0.2) is 41.9 Å². The molecule has 5 heteroatoms. The van der Waals surface area contributed by atoms with Crippen LogP contribution in [0, 0.1) is 5.92 Å². The second kappa shape index (κ2) is 11.1. The number of nitrogens with zero attached hydrogens (tertiary/aromatic N) is 2. The Labute approximate surface area is 191 Å². The third-order valence-electron chi connectivity index (χ3n) is 6.57. The number of amides is 1. The summed E-state index contributed by atoms with van der Waals surface area (Å²) >= 11 is 6.32. The van der Waals surface area contributed by atoms with Gasteiger partial charge in [0.1, 0.15) is 0 Å². The summed E-state index contributed by atoms with van der Waals surface area (Å²) in [7, 11) is 0. The molecule has 1 amide bonds. The van der Waals surface area contributed by atoms with Crippen molar-refractivity contribution in [1.82, 2.24) is 15.1 Å². The molecule has 31 heavy (non-hydrogen) atoms. The van der Waals surface area contributed by atoms with E-state index in [0.29, 0.717) is 6.54 Å². The second-order valence-corrected chi connectivity index (χ2v) is 9.44. The van der Waals surface area contributed by atoms with Gasteiger partial charge in [0.2, 0.25) is 5.91 Å². The fourth-order valence-corrected chi connectivity index (χ4v) is 4.95. The molecule has 2 heterocycles. The summed E-state index contributed by atoms with van der Waals surface area (Å²) in [5.41, 5.74) is 3.66. The van der Waals surface area contributed by atoms with Crippen LogP contribution in [0.25, 0.3) is 0 Å². The Kier molecular flexibility index (Phi) is 8.01. The lowest BCUT2D eigenvalue weighted by Crippen LogP contribution is -2.42. The van der Waals surface area contributed by atoms with Crippen molar-refractivity contribution in [2.75, 3.05) is 26.2 Å². The molecule has 0 aromatic heterocycles. The monoisotopic (exact) mass is 439 g/mol. The van der Waals surface area contributed by atoms with Crippen LogP contribution in [0.3, 0.4) is 0 Å². The number of nitrogens with one attached hydrogen (secondary N) is 1. The van der Waals surface area contributed by atoms with Gasteiger partial charge in [-0.2, -0.15) is 0 Å². The molecule has 4 rings (SSSR count). The van der Waals surface area contributed by atoms with Crippen LogP contribution < -0.4 is 5.32 Å². The van der Waals surface area contributed by atoms with Crippen LogP contribution in [0.2, 0.25) is 5.02 Å². The van der Waals surface area contributed by atoms with Crippen molar-refractivity contribution < 1.29 is 4.79 Å². The van der Waals surface area contributed by atoms with E-state index in [4.69, 9.17) is 11.6 Å². The van der Waals surface area contributed by atoms with Crippen molar-refractivity contribution in [3.8, 4) is 0 Å². The first-order valence-electron chi connectivity index (χ1n) is 11.7. The predicted octanol–water partition coefficient (Wildman–Crippen LogP) is 4.85. The largest absolute Gasteiger partial charge is 0.352 e. The summed E-state index contributed by atoms with van der Waals surface area (Å²) in [6, 6.07) is 16.7. The lowest BCUT2D eigenvalue weighted by Gasteiger charge is -2.32. The summed E-state index contributed by atoms with van der Waals surface area (Å²) in [6.07, 6.45) is 6.02. The number of likely N-dealkylation sites (tertiary alicyclic amines) is 2. The van der Waals surface area contributed by atoms with Crippen LogP contribution in [0.1, 0.15) is 48.8 Å². The highest BCUT2D eigenvalue weighted by molar-refractivity contribution is 6.31. The van der Waals surface area contributed by atoms with E-state index < -0.39 is 0 Å². The number of rotatable bonds is 7. The van der Waals surface area contributed by atoms with E-state index in [-0.39, 0.29) is 11.8 Å². The van der Waals surface area contributed by atoms with E-state index in [9.17, 15) is 4.79 Å². The lowest BCUT2D eigenvalue weighted by molar-refractivity contribution is -0.126. The minimum Gasteiger partial charge on any atom is -0.352 e. The Morgan fingerprint density at radius 1 is 0.871 bits per heavy atom. The normalized spacial score (nSPS) is 20.5. The van der Waals surface area contributed by atoms with Crippen molar-refractivity contribution in [1.29, 1.82) is 0 Å². The quantitative estimate of drug-likeness (QED) is 0.669. The maximum absolute atomic E-state index is 12.8. The van der Waals surface area contributed by atoms with Gasteiger partial charge >= 0.3 is 0 Å². The SMILES string of the molecule is O=C(NCc1ccc(CN2CCCCC2)cc1)[C@@H]1CCCN(Cc2ccccc2Cl)C1. The lowest BCUT2D eigenvalue weighted by atomic mass is 9.96. The van der Waals surface area contributed by atoms with Gasteiger partial charge < -0.3 is 5.32 Å². The summed E-state index contributed by atoms with van der Waals surface area (Å²) in [5.74, 6) is 0.218. The zero-order valence-corrected chi connectivity index (χ0v) is 19.1. The van der Waals surface area contributed by atoms with Crippen LogP contribution in [0.4, 0.5) is 0 Å². The van der Waals surface area contributed by atoms with Gasteiger partial charge in [0.25, 0.3) is 0 Å². The minimum atomic E-state index is 0.0506. The highest BCUT2D eigenvalue weighted by atomic mass is 35.5. The zero-order chi connectivity index (χ0) is 21.5. The van der Waals surface area contributed by atoms with Crippen molar-refractivity contribution >= 4 is 17.5 Å². The van der Waals surface area contributed by atoms with Crippen LogP contribution in [-0.2, 0) is 24.4 Å². The minimum absolute atomic E-state index is 0.0506. The first kappa shape index (κ1) is 22.3. The number of piperidine rings is 2. The topological polar surface area (TPSA) is 35.6 Å². The average Bonchev–Trinajstić information content (AvgIpc) is 2.81. The fraction of sp³-hybridized carbons (Fsp3) is 0.500. The van der Waals surface area contributed by atoms with E-state index in [2.05, 4.69) is 45.4 Å². The van der Waals surface area contributed by atoms with Gasteiger partial charge in [0, 0.05) is 31.2 Å². The van der Waals surface area contributed by atoms with Crippen LogP contribution in [0.5, 0.6) is 0 Å². The van der Waals surface area contributed by atoms with Crippen molar-refractivity contribution in [2.45, 2.75) is 51.7 Å². The second-order valence-electron chi connectivity index (χ2n) is 9.04. The van der Waals surface area contributed by atoms with E-state index >= 15 is 0 Å². The Morgan fingerprint density at radius 3 is 2.35 bits per heavy atom. The molecule has 166 valence electrons. The van der Waals surface area contributed by atoms with Gasteiger partial charge in [-0.25, -0.2) is 0 Å². The highest BCUT2D eigenvalue weighted by Gasteiger charge is 2.26. The molecule has 1 atom stereocenters. The van der Waals surface area contributed by atoms with Gasteiger partial charge in [-0.15, -0.1) is 0 Å². The van der Waals surface area contributed by atoms with E-state index in [1.165, 1.54) is 43.5 Å². The highest BCUT2D eigenvalue weighted by Crippen LogP contribution is 2.22. The maximum atomic E-state index is 12.8. The number of halogens is 1. The Morgan fingerprint density at radius 2 is 1.58 bits per heavy atom.